The standard InChI is InChI=1S/C20H23N3O3S/c1-15(14-21-11-9-16-5-3-2-4-6-16)23-27(25,26)18-7-8-19-17(13-18)10-12-22-20(19)24/h2-8,10,12-13,15,21,23H,9,11,14H2,1H3,(H,22,24)/t15-/m1/s1. The fraction of sp³-hybridized carbons (Fsp3) is 0.250. The average Bonchev–Trinajstić information content (AvgIpc) is 2.66. The van der Waals surface area contributed by atoms with Gasteiger partial charge in [0.25, 0.3) is 0 Å². The number of sulfonamides is 1. The summed E-state index contributed by atoms with van der Waals surface area (Å²) in [6.07, 6.45) is 2.34. The minimum atomic E-state index is -3.65. The van der Waals surface area contributed by atoms with Crippen LogP contribution < -0.4 is 10.0 Å². The lowest BCUT2D eigenvalue weighted by Crippen LogP contribution is -2.40. The predicted octanol–water partition coefficient (Wildman–Crippen LogP) is 2.44. The van der Waals surface area contributed by atoms with Gasteiger partial charge in [0.1, 0.15) is 0 Å². The molecule has 7 heteroatoms. The molecule has 142 valence electrons. The third kappa shape index (κ3) is 5.03. The smallest absolute Gasteiger partial charge is 0.240 e. The van der Waals surface area contributed by atoms with E-state index in [0.29, 0.717) is 17.3 Å². The molecule has 0 spiro atoms. The summed E-state index contributed by atoms with van der Waals surface area (Å²) >= 11 is 0. The maximum atomic E-state index is 12.6. The number of aromatic hydroxyl groups is 1. The summed E-state index contributed by atoms with van der Waals surface area (Å²) in [5.41, 5.74) is 1.24. The molecule has 0 fully saturated rings. The van der Waals surface area contributed by atoms with E-state index in [1.165, 1.54) is 23.9 Å². The van der Waals surface area contributed by atoms with Gasteiger partial charge in [0.2, 0.25) is 15.9 Å². The van der Waals surface area contributed by atoms with Gasteiger partial charge in [-0.1, -0.05) is 30.3 Å². The summed E-state index contributed by atoms with van der Waals surface area (Å²) in [5.74, 6) is -0.111. The van der Waals surface area contributed by atoms with Crippen molar-refractivity contribution in [2.75, 3.05) is 13.1 Å². The fourth-order valence-electron chi connectivity index (χ4n) is 2.88. The first-order valence-corrected chi connectivity index (χ1v) is 10.3. The van der Waals surface area contributed by atoms with Crippen LogP contribution in [0.15, 0.2) is 65.7 Å². The Morgan fingerprint density at radius 2 is 1.89 bits per heavy atom. The van der Waals surface area contributed by atoms with Gasteiger partial charge in [0, 0.05) is 24.2 Å². The molecule has 6 nitrogen and oxygen atoms in total. The molecule has 1 aromatic heterocycles. The summed E-state index contributed by atoms with van der Waals surface area (Å²) in [6.45, 7) is 3.13. The summed E-state index contributed by atoms with van der Waals surface area (Å²) in [4.78, 5) is 3.96. The molecule has 0 aliphatic heterocycles. The van der Waals surface area contributed by atoms with E-state index in [4.69, 9.17) is 0 Å². The lowest BCUT2D eigenvalue weighted by atomic mass is 10.1. The Balaban J connectivity index is 1.57. The van der Waals surface area contributed by atoms with Crippen LogP contribution in [0.1, 0.15) is 12.5 Å². The molecule has 3 aromatic rings. The zero-order valence-corrected chi connectivity index (χ0v) is 15.9. The van der Waals surface area contributed by atoms with Gasteiger partial charge in [-0.05, 0) is 55.1 Å². The number of nitrogens with zero attached hydrogens (tertiary/aromatic N) is 1. The van der Waals surface area contributed by atoms with Gasteiger partial charge in [-0.15, -0.1) is 0 Å². The molecule has 0 amide bonds. The van der Waals surface area contributed by atoms with Crippen molar-refractivity contribution in [3.63, 3.8) is 0 Å². The quantitative estimate of drug-likeness (QED) is 0.518. The fourth-order valence-corrected chi connectivity index (χ4v) is 4.16. The zero-order chi connectivity index (χ0) is 19.3. The van der Waals surface area contributed by atoms with Gasteiger partial charge in [0.05, 0.1) is 4.90 Å². The van der Waals surface area contributed by atoms with Crippen LogP contribution in [0.5, 0.6) is 5.88 Å². The second kappa shape index (κ2) is 8.47. The Morgan fingerprint density at radius 3 is 2.67 bits per heavy atom. The molecule has 0 aliphatic carbocycles. The molecule has 1 heterocycles. The predicted molar refractivity (Wildman–Crippen MR) is 106 cm³/mol. The highest BCUT2D eigenvalue weighted by Gasteiger charge is 2.18. The Hall–Kier alpha value is -2.48. The van der Waals surface area contributed by atoms with Crippen molar-refractivity contribution < 1.29 is 13.5 Å². The molecular weight excluding hydrogens is 362 g/mol. The molecule has 2 aromatic carbocycles. The number of aromatic nitrogens is 1. The van der Waals surface area contributed by atoms with Gasteiger partial charge in [-0.3, -0.25) is 0 Å². The number of pyridine rings is 1. The second-order valence-electron chi connectivity index (χ2n) is 6.48. The van der Waals surface area contributed by atoms with E-state index in [0.717, 1.165) is 13.0 Å². The largest absolute Gasteiger partial charge is 0.493 e. The van der Waals surface area contributed by atoms with Crippen molar-refractivity contribution >= 4 is 20.8 Å². The molecular formula is C20H23N3O3S. The number of fused-ring (bicyclic) bond motifs is 1. The van der Waals surface area contributed by atoms with Crippen molar-refractivity contribution in [3.8, 4) is 5.88 Å². The first-order chi connectivity index (χ1) is 13.0. The lowest BCUT2D eigenvalue weighted by molar-refractivity contribution is 0.460. The van der Waals surface area contributed by atoms with Crippen LogP contribution >= 0.6 is 0 Å². The van der Waals surface area contributed by atoms with Crippen molar-refractivity contribution in [1.82, 2.24) is 15.0 Å². The van der Waals surface area contributed by atoms with E-state index >= 15 is 0 Å². The van der Waals surface area contributed by atoms with Gasteiger partial charge in [-0.25, -0.2) is 18.1 Å². The van der Waals surface area contributed by atoms with Crippen LogP contribution in [-0.4, -0.2) is 37.6 Å². The van der Waals surface area contributed by atoms with Crippen LogP contribution in [0.2, 0.25) is 0 Å². The van der Waals surface area contributed by atoms with Crippen LogP contribution in [0.4, 0.5) is 0 Å². The van der Waals surface area contributed by atoms with Crippen molar-refractivity contribution in [3.05, 3.63) is 66.4 Å². The number of nitrogens with one attached hydrogen (secondary N) is 2. The maximum Gasteiger partial charge on any atom is 0.240 e. The number of rotatable bonds is 8. The first kappa shape index (κ1) is 19.3. The van der Waals surface area contributed by atoms with Crippen molar-refractivity contribution in [1.29, 1.82) is 0 Å². The molecule has 0 aliphatic rings. The van der Waals surface area contributed by atoms with Gasteiger partial charge in [-0.2, -0.15) is 0 Å². The van der Waals surface area contributed by atoms with E-state index < -0.39 is 10.0 Å². The summed E-state index contributed by atoms with van der Waals surface area (Å²) in [5, 5.41) is 14.1. The minimum absolute atomic E-state index is 0.111. The zero-order valence-electron chi connectivity index (χ0n) is 15.1. The normalized spacial score (nSPS) is 12.9. The van der Waals surface area contributed by atoms with Crippen LogP contribution in [0.25, 0.3) is 10.8 Å². The van der Waals surface area contributed by atoms with Crippen LogP contribution in [0, 0.1) is 0 Å². The average molecular weight is 385 g/mol. The van der Waals surface area contributed by atoms with Crippen molar-refractivity contribution in [2.24, 2.45) is 0 Å². The van der Waals surface area contributed by atoms with E-state index in [1.807, 2.05) is 25.1 Å². The number of benzene rings is 2. The molecule has 0 unspecified atom stereocenters. The van der Waals surface area contributed by atoms with E-state index in [1.54, 1.807) is 12.1 Å². The van der Waals surface area contributed by atoms with E-state index in [2.05, 4.69) is 27.2 Å². The van der Waals surface area contributed by atoms with Crippen molar-refractivity contribution in [2.45, 2.75) is 24.3 Å². The van der Waals surface area contributed by atoms with E-state index in [-0.39, 0.29) is 16.8 Å². The lowest BCUT2D eigenvalue weighted by Gasteiger charge is -2.15. The van der Waals surface area contributed by atoms with Crippen LogP contribution in [-0.2, 0) is 16.4 Å². The Labute approximate surface area is 159 Å². The maximum absolute atomic E-state index is 12.6. The third-order valence-corrected chi connectivity index (χ3v) is 5.85. The highest BCUT2D eigenvalue weighted by atomic mass is 32.2. The summed E-state index contributed by atoms with van der Waals surface area (Å²) in [6, 6.07) is 16.1. The Kier molecular flexibility index (Phi) is 6.05. The SMILES string of the molecule is C[C@H](CNCCc1ccccc1)NS(=O)(=O)c1ccc2c(O)nccc2c1. The second-order valence-corrected chi connectivity index (χ2v) is 8.19. The Morgan fingerprint density at radius 1 is 1.11 bits per heavy atom. The number of hydrogen-bond donors (Lipinski definition) is 3. The first-order valence-electron chi connectivity index (χ1n) is 8.80. The molecule has 0 saturated heterocycles. The summed E-state index contributed by atoms with van der Waals surface area (Å²) < 4.78 is 27.9. The molecule has 0 radical (unpaired) electrons. The molecule has 0 saturated carbocycles. The minimum Gasteiger partial charge on any atom is -0.493 e. The molecule has 1 atom stereocenters. The summed E-state index contributed by atoms with van der Waals surface area (Å²) in [7, 11) is -3.65. The number of hydrogen-bond acceptors (Lipinski definition) is 5. The Bertz CT molecular complexity index is 1010. The van der Waals surface area contributed by atoms with Gasteiger partial charge in [0.15, 0.2) is 0 Å². The topological polar surface area (TPSA) is 91.3 Å². The highest BCUT2D eigenvalue weighted by Crippen LogP contribution is 2.24. The molecule has 3 rings (SSSR count). The third-order valence-electron chi connectivity index (χ3n) is 4.27. The van der Waals surface area contributed by atoms with Gasteiger partial charge < -0.3 is 10.4 Å². The molecule has 0 bridgehead atoms. The van der Waals surface area contributed by atoms with E-state index in [9.17, 15) is 13.5 Å². The molecule has 27 heavy (non-hydrogen) atoms. The monoisotopic (exact) mass is 385 g/mol. The highest BCUT2D eigenvalue weighted by molar-refractivity contribution is 7.89. The van der Waals surface area contributed by atoms with Crippen LogP contribution in [0.3, 0.4) is 0 Å². The van der Waals surface area contributed by atoms with Gasteiger partial charge >= 0.3 is 0 Å². The molecule has 3 N–H and O–H groups in total.